The molecule has 0 radical (unpaired) electrons. The van der Waals surface area contributed by atoms with Gasteiger partial charge in [-0.25, -0.2) is 0 Å². The van der Waals surface area contributed by atoms with Crippen LogP contribution in [-0.2, 0) is 14.3 Å². The molecule has 0 amide bonds. The number of carbonyl (C=O) groups is 3. The lowest BCUT2D eigenvalue weighted by Crippen LogP contribution is -2.26. The van der Waals surface area contributed by atoms with E-state index < -0.39 is 17.7 Å². The van der Waals surface area contributed by atoms with Crippen molar-refractivity contribution in [2.45, 2.75) is 19.8 Å². The molecular weight excluding hydrogens is 232 g/mol. The quantitative estimate of drug-likeness (QED) is 0.439. The number of rotatable bonds is 6. The monoisotopic (exact) mass is 248 g/mol. The summed E-state index contributed by atoms with van der Waals surface area (Å²) in [4.78, 5) is 35.0. The Labute approximate surface area is 106 Å². The van der Waals surface area contributed by atoms with Gasteiger partial charge in [0.2, 0.25) is 0 Å². The lowest BCUT2D eigenvalue weighted by molar-refractivity contribution is -0.149. The van der Waals surface area contributed by atoms with Gasteiger partial charge in [0.15, 0.2) is 11.6 Å². The number of esters is 1. The van der Waals surface area contributed by atoms with Gasteiger partial charge < -0.3 is 4.74 Å². The van der Waals surface area contributed by atoms with Crippen LogP contribution in [0.15, 0.2) is 30.3 Å². The summed E-state index contributed by atoms with van der Waals surface area (Å²) < 4.78 is 4.54. The highest BCUT2D eigenvalue weighted by Crippen LogP contribution is 2.12. The summed E-state index contributed by atoms with van der Waals surface area (Å²) in [5, 5.41) is 0. The summed E-state index contributed by atoms with van der Waals surface area (Å²) in [6, 6.07) is 8.55. The van der Waals surface area contributed by atoms with Gasteiger partial charge in [-0.1, -0.05) is 37.3 Å². The Morgan fingerprint density at radius 2 is 1.78 bits per heavy atom. The normalized spacial score (nSPS) is 11.7. The number of Topliss-reactive ketones (excluding diaryl/α,β-unsaturated/α-hetero) is 2. The zero-order chi connectivity index (χ0) is 13.5. The first-order valence-corrected chi connectivity index (χ1v) is 5.79. The van der Waals surface area contributed by atoms with E-state index in [2.05, 4.69) is 4.74 Å². The molecule has 96 valence electrons. The molecule has 0 aliphatic rings. The summed E-state index contributed by atoms with van der Waals surface area (Å²) in [6.45, 7) is 1.71. The Hall–Kier alpha value is -1.97. The summed E-state index contributed by atoms with van der Waals surface area (Å²) in [6.07, 6.45) is 0.0746. The zero-order valence-electron chi connectivity index (χ0n) is 10.5. The third-order valence-corrected chi connectivity index (χ3v) is 2.71. The number of carbonyl (C=O) groups excluding carboxylic acids is 3. The predicted octanol–water partition coefficient (Wildman–Crippen LogP) is 2.03. The van der Waals surface area contributed by atoms with Crippen molar-refractivity contribution in [1.29, 1.82) is 0 Å². The maximum Gasteiger partial charge on any atom is 0.316 e. The third-order valence-electron chi connectivity index (χ3n) is 2.71. The number of ketones is 2. The minimum atomic E-state index is -0.845. The molecule has 1 atom stereocenters. The second-order valence-electron chi connectivity index (χ2n) is 3.92. The minimum Gasteiger partial charge on any atom is -0.468 e. The number of methoxy groups -OCH3 is 1. The molecule has 0 spiro atoms. The fourth-order valence-corrected chi connectivity index (χ4v) is 1.68. The largest absolute Gasteiger partial charge is 0.468 e. The van der Waals surface area contributed by atoms with Crippen LogP contribution in [-0.4, -0.2) is 24.6 Å². The van der Waals surface area contributed by atoms with Crippen molar-refractivity contribution in [3.05, 3.63) is 35.9 Å². The zero-order valence-corrected chi connectivity index (χ0v) is 10.5. The summed E-state index contributed by atoms with van der Waals surface area (Å²) in [5.74, 6) is -2.09. The van der Waals surface area contributed by atoms with E-state index in [9.17, 15) is 14.4 Å². The fourth-order valence-electron chi connectivity index (χ4n) is 1.68. The molecule has 1 rings (SSSR count). The molecule has 4 heteroatoms. The van der Waals surface area contributed by atoms with E-state index in [1.54, 1.807) is 37.3 Å². The van der Waals surface area contributed by atoms with Crippen LogP contribution < -0.4 is 0 Å². The lowest BCUT2D eigenvalue weighted by atomic mass is 9.95. The topological polar surface area (TPSA) is 60.4 Å². The Balaban J connectivity index is 2.70. The fraction of sp³-hybridized carbons (Fsp3) is 0.357. The smallest absolute Gasteiger partial charge is 0.316 e. The van der Waals surface area contributed by atoms with Crippen molar-refractivity contribution in [2.75, 3.05) is 7.11 Å². The van der Waals surface area contributed by atoms with Crippen molar-refractivity contribution in [1.82, 2.24) is 0 Å². The summed E-state index contributed by atoms with van der Waals surface area (Å²) in [7, 11) is 1.23. The van der Waals surface area contributed by atoms with E-state index in [1.165, 1.54) is 7.11 Å². The van der Waals surface area contributed by atoms with Crippen LogP contribution in [0.25, 0.3) is 0 Å². The van der Waals surface area contributed by atoms with E-state index >= 15 is 0 Å². The summed E-state index contributed by atoms with van der Waals surface area (Å²) in [5.41, 5.74) is 0.477. The molecule has 0 fully saturated rings. The lowest BCUT2D eigenvalue weighted by Gasteiger charge is -2.10. The third kappa shape index (κ3) is 3.52. The first kappa shape index (κ1) is 14.1. The van der Waals surface area contributed by atoms with E-state index in [0.717, 1.165) is 0 Å². The van der Waals surface area contributed by atoms with Gasteiger partial charge in [0.1, 0.15) is 5.92 Å². The molecule has 0 bridgehead atoms. The van der Waals surface area contributed by atoms with Crippen molar-refractivity contribution >= 4 is 17.5 Å². The van der Waals surface area contributed by atoms with Gasteiger partial charge in [0, 0.05) is 5.56 Å². The van der Waals surface area contributed by atoms with Crippen molar-refractivity contribution in [3.63, 3.8) is 0 Å². The molecule has 0 aliphatic carbocycles. The molecule has 0 saturated heterocycles. The van der Waals surface area contributed by atoms with Gasteiger partial charge in [-0.15, -0.1) is 0 Å². The van der Waals surface area contributed by atoms with Gasteiger partial charge in [-0.3, -0.25) is 14.4 Å². The van der Waals surface area contributed by atoms with E-state index in [-0.39, 0.29) is 12.2 Å². The number of hydrogen-bond donors (Lipinski definition) is 0. The average Bonchev–Trinajstić information content (AvgIpc) is 2.40. The van der Waals surface area contributed by atoms with Crippen LogP contribution in [0.1, 0.15) is 30.1 Å². The average molecular weight is 248 g/mol. The first-order chi connectivity index (χ1) is 8.60. The Morgan fingerprint density at radius 1 is 1.17 bits per heavy atom. The summed E-state index contributed by atoms with van der Waals surface area (Å²) >= 11 is 0. The molecule has 1 aromatic carbocycles. The van der Waals surface area contributed by atoms with E-state index in [1.807, 2.05) is 0 Å². The second-order valence-corrected chi connectivity index (χ2v) is 3.92. The number of ether oxygens (including phenoxy) is 1. The van der Waals surface area contributed by atoms with Gasteiger partial charge in [0.05, 0.1) is 13.5 Å². The molecule has 0 heterocycles. The standard InChI is InChI=1S/C14H16O4/c1-3-11(14(17)18-2)13(16)9-12(15)10-7-5-4-6-8-10/h4-8,11H,3,9H2,1-2H3. The number of benzene rings is 1. The van der Waals surface area contributed by atoms with Crippen LogP contribution in [0.2, 0.25) is 0 Å². The van der Waals surface area contributed by atoms with Gasteiger partial charge in [0.25, 0.3) is 0 Å². The minimum absolute atomic E-state index is 0.266. The molecular formula is C14H16O4. The molecule has 0 saturated carbocycles. The van der Waals surface area contributed by atoms with Crippen LogP contribution in [0, 0.1) is 5.92 Å². The SMILES string of the molecule is CCC(C(=O)CC(=O)c1ccccc1)C(=O)OC. The first-order valence-electron chi connectivity index (χ1n) is 5.79. The van der Waals surface area contributed by atoms with Crippen LogP contribution in [0.4, 0.5) is 0 Å². The van der Waals surface area contributed by atoms with E-state index in [4.69, 9.17) is 0 Å². The molecule has 0 aliphatic heterocycles. The molecule has 4 nitrogen and oxygen atoms in total. The van der Waals surface area contributed by atoms with Crippen molar-refractivity contribution < 1.29 is 19.1 Å². The van der Waals surface area contributed by atoms with Gasteiger partial charge >= 0.3 is 5.97 Å². The Kier molecular flexibility index (Phi) is 5.24. The molecule has 0 N–H and O–H groups in total. The molecule has 1 unspecified atom stereocenters. The molecule has 18 heavy (non-hydrogen) atoms. The highest BCUT2D eigenvalue weighted by atomic mass is 16.5. The van der Waals surface area contributed by atoms with E-state index in [0.29, 0.717) is 12.0 Å². The maximum absolute atomic E-state index is 11.8. The highest BCUT2D eigenvalue weighted by Gasteiger charge is 2.27. The maximum atomic E-state index is 11.8. The predicted molar refractivity (Wildman–Crippen MR) is 66.2 cm³/mol. The van der Waals surface area contributed by atoms with Crippen molar-refractivity contribution in [2.24, 2.45) is 5.92 Å². The Bertz CT molecular complexity index is 436. The van der Waals surface area contributed by atoms with Gasteiger partial charge in [-0.2, -0.15) is 0 Å². The molecule has 0 aromatic heterocycles. The van der Waals surface area contributed by atoms with Crippen molar-refractivity contribution in [3.8, 4) is 0 Å². The highest BCUT2D eigenvalue weighted by molar-refractivity contribution is 6.12. The molecule has 1 aromatic rings. The second kappa shape index (κ2) is 6.69. The number of hydrogen-bond acceptors (Lipinski definition) is 4. The Morgan fingerprint density at radius 3 is 2.28 bits per heavy atom. The van der Waals surface area contributed by atoms with Gasteiger partial charge in [-0.05, 0) is 6.42 Å². The van der Waals surface area contributed by atoms with Crippen LogP contribution >= 0.6 is 0 Å². The van der Waals surface area contributed by atoms with Crippen LogP contribution in [0.3, 0.4) is 0 Å². The van der Waals surface area contributed by atoms with Crippen LogP contribution in [0.5, 0.6) is 0 Å².